The molecule has 0 aliphatic heterocycles. The van der Waals surface area contributed by atoms with Crippen LogP contribution >= 0.6 is 11.6 Å². The molecule has 0 bridgehead atoms. The normalized spacial score (nSPS) is 12.6. The number of nitrogens with zero attached hydrogens (tertiary/aromatic N) is 1. The predicted octanol–water partition coefficient (Wildman–Crippen LogP) is 7.27. The van der Waals surface area contributed by atoms with Crippen LogP contribution in [0.25, 0.3) is 10.9 Å². The molecule has 0 fully saturated rings. The number of aromatic nitrogens is 2. The fourth-order valence-electron chi connectivity index (χ4n) is 4.21. The predicted molar refractivity (Wildman–Crippen MR) is 141 cm³/mol. The molecule has 42 heavy (non-hydrogen) atoms. The minimum absolute atomic E-state index is 0.0789. The van der Waals surface area contributed by atoms with Gasteiger partial charge in [0, 0.05) is 41.8 Å². The zero-order valence-electron chi connectivity index (χ0n) is 21.5. The Kier molecular flexibility index (Phi) is 9.30. The van der Waals surface area contributed by atoms with Crippen LogP contribution < -0.4 is 10.1 Å². The van der Waals surface area contributed by atoms with Crippen molar-refractivity contribution in [3.63, 3.8) is 0 Å². The van der Waals surface area contributed by atoms with E-state index in [0.717, 1.165) is 11.9 Å². The van der Waals surface area contributed by atoms with E-state index in [1.165, 1.54) is 12.3 Å². The van der Waals surface area contributed by atoms with Crippen LogP contribution in [0.1, 0.15) is 35.4 Å². The summed E-state index contributed by atoms with van der Waals surface area (Å²) in [5, 5.41) is 3.01. The molecule has 222 valence electrons. The Bertz CT molecular complexity index is 1560. The highest BCUT2D eigenvalue weighted by atomic mass is 35.5. The molecule has 1 unspecified atom stereocenters. The van der Waals surface area contributed by atoms with Gasteiger partial charge in [0.15, 0.2) is 0 Å². The van der Waals surface area contributed by atoms with Crippen molar-refractivity contribution in [1.82, 2.24) is 9.97 Å². The van der Waals surface area contributed by atoms with Gasteiger partial charge in [0.1, 0.15) is 11.6 Å². The molecule has 0 saturated heterocycles. The minimum atomic E-state index is -5.43. The third kappa shape index (κ3) is 7.72. The highest BCUT2D eigenvalue weighted by Gasteiger charge is 2.43. The molecule has 0 amide bonds. The average molecular weight is 614 g/mol. The van der Waals surface area contributed by atoms with Crippen molar-refractivity contribution in [2.24, 2.45) is 0 Å². The lowest BCUT2D eigenvalue weighted by Gasteiger charge is -2.19. The lowest BCUT2D eigenvalue weighted by molar-refractivity contribution is -0.201. The quantitative estimate of drug-likeness (QED) is 0.0846. The Morgan fingerprint density at radius 3 is 2.50 bits per heavy atom. The third-order valence-electron chi connectivity index (χ3n) is 6.13. The largest absolute Gasteiger partial charge is 0.493 e. The van der Waals surface area contributed by atoms with Crippen LogP contribution in [0.2, 0.25) is 5.02 Å². The molecule has 0 saturated carbocycles. The molecule has 0 spiro atoms. The first-order chi connectivity index (χ1) is 19.8. The molecule has 14 heteroatoms. The van der Waals surface area contributed by atoms with Crippen molar-refractivity contribution in [3.8, 4) is 5.75 Å². The van der Waals surface area contributed by atoms with Gasteiger partial charge in [-0.1, -0.05) is 23.7 Å². The van der Waals surface area contributed by atoms with Gasteiger partial charge in [-0.05, 0) is 53.9 Å². The van der Waals surface area contributed by atoms with Gasteiger partial charge in [0.25, 0.3) is 0 Å². The lowest BCUT2D eigenvalue weighted by atomic mass is 9.87. The van der Waals surface area contributed by atoms with Crippen LogP contribution in [0.3, 0.4) is 0 Å². The number of anilines is 1. The van der Waals surface area contributed by atoms with Crippen LogP contribution in [0.5, 0.6) is 5.75 Å². The van der Waals surface area contributed by atoms with E-state index in [9.17, 15) is 35.9 Å². The van der Waals surface area contributed by atoms with Crippen LogP contribution in [-0.2, 0) is 20.5 Å². The number of carbonyl (C=O) groups is 2. The van der Waals surface area contributed by atoms with E-state index >= 15 is 0 Å². The van der Waals surface area contributed by atoms with Crippen LogP contribution in [0.4, 0.5) is 32.2 Å². The molecule has 0 aliphatic rings. The second-order valence-corrected chi connectivity index (χ2v) is 9.46. The number of fused-ring (bicyclic) bond motifs is 1. The first-order valence-electron chi connectivity index (χ1n) is 12.4. The van der Waals surface area contributed by atoms with Gasteiger partial charge in [0.2, 0.25) is 0 Å². The third-order valence-corrected chi connectivity index (χ3v) is 6.46. The number of hydrogen-bond donors (Lipinski definition) is 2. The number of esters is 2. The molecule has 0 aliphatic carbocycles. The first kappa shape index (κ1) is 30.7. The molecule has 4 aromatic rings. The second-order valence-electron chi connectivity index (χ2n) is 9.05. The number of halogens is 7. The molecule has 2 aromatic heterocycles. The SMILES string of the molecule is O=C(CC(c1ccc(Cl)c(C(F)(F)F)c1)c1c[nH]c2cc(OCCCNc3ccccn3)ccc12)OC(=O)C(F)(F)F. The summed E-state index contributed by atoms with van der Waals surface area (Å²) in [6, 6.07) is 13.2. The standard InChI is InChI=1S/C28H22ClF6N3O4/c29-22-8-5-16(12-21(22)27(30,31)32)19(14-25(39)42-26(40)28(33,34)35)20-15-38-23-13-17(6-7-18(20)23)41-11-3-10-37-24-4-1-2-9-36-24/h1-2,4-9,12-13,15,19,38H,3,10-11,14H2,(H,36,37). The fourth-order valence-corrected chi connectivity index (χ4v) is 4.43. The van der Waals surface area contributed by atoms with Gasteiger partial charge in [-0.25, -0.2) is 9.78 Å². The van der Waals surface area contributed by atoms with Gasteiger partial charge < -0.3 is 19.8 Å². The Balaban J connectivity index is 1.55. The summed E-state index contributed by atoms with van der Waals surface area (Å²) in [7, 11) is 0. The van der Waals surface area contributed by atoms with Crippen molar-refractivity contribution in [2.45, 2.75) is 31.1 Å². The van der Waals surface area contributed by atoms with Crippen LogP contribution in [0.15, 0.2) is 67.0 Å². The van der Waals surface area contributed by atoms with E-state index in [1.807, 2.05) is 12.1 Å². The summed E-state index contributed by atoms with van der Waals surface area (Å²) >= 11 is 5.73. The van der Waals surface area contributed by atoms with E-state index in [2.05, 4.69) is 20.0 Å². The summed E-state index contributed by atoms with van der Waals surface area (Å²) in [4.78, 5) is 30.7. The van der Waals surface area contributed by atoms with Gasteiger partial charge >= 0.3 is 24.3 Å². The lowest BCUT2D eigenvalue weighted by Crippen LogP contribution is -2.28. The summed E-state index contributed by atoms with van der Waals surface area (Å²) in [6.07, 6.45) is -7.42. The Morgan fingerprint density at radius 2 is 1.81 bits per heavy atom. The molecular formula is C28H22ClF6N3O4. The van der Waals surface area contributed by atoms with Crippen molar-refractivity contribution in [2.75, 3.05) is 18.5 Å². The average Bonchev–Trinajstić information content (AvgIpc) is 3.34. The van der Waals surface area contributed by atoms with Crippen molar-refractivity contribution in [3.05, 3.63) is 88.7 Å². The summed E-state index contributed by atoms with van der Waals surface area (Å²) < 4.78 is 88.3. The number of benzene rings is 2. The van der Waals surface area contributed by atoms with Crippen LogP contribution in [-0.4, -0.2) is 41.2 Å². The number of pyridine rings is 1. The Labute approximate surface area is 239 Å². The van der Waals surface area contributed by atoms with Crippen molar-refractivity contribution < 1.29 is 45.4 Å². The molecule has 1 atom stereocenters. The van der Waals surface area contributed by atoms with Gasteiger partial charge in [-0.2, -0.15) is 26.3 Å². The van der Waals surface area contributed by atoms with E-state index < -0.39 is 47.2 Å². The smallest absolute Gasteiger partial charge is 0.491 e. The van der Waals surface area contributed by atoms with E-state index in [-0.39, 0.29) is 11.1 Å². The van der Waals surface area contributed by atoms with Crippen molar-refractivity contribution >= 4 is 40.3 Å². The number of H-pyrrole nitrogens is 1. The summed E-state index contributed by atoms with van der Waals surface area (Å²) in [6.45, 7) is 0.952. The number of aromatic amines is 1. The molecule has 2 heterocycles. The van der Waals surface area contributed by atoms with Gasteiger partial charge in [0.05, 0.1) is 23.6 Å². The van der Waals surface area contributed by atoms with E-state index in [0.29, 0.717) is 42.3 Å². The zero-order valence-corrected chi connectivity index (χ0v) is 22.2. The molecule has 2 aromatic carbocycles. The maximum atomic E-state index is 13.6. The number of nitrogens with one attached hydrogen (secondary N) is 2. The maximum Gasteiger partial charge on any atom is 0.491 e. The maximum absolute atomic E-state index is 13.6. The number of carbonyl (C=O) groups excluding carboxylic acids is 2. The monoisotopic (exact) mass is 613 g/mol. The number of ether oxygens (including phenoxy) is 2. The van der Waals surface area contributed by atoms with E-state index in [1.54, 1.807) is 30.5 Å². The topological polar surface area (TPSA) is 93.3 Å². The highest BCUT2D eigenvalue weighted by molar-refractivity contribution is 6.31. The number of alkyl halides is 6. The molecule has 0 radical (unpaired) electrons. The second kappa shape index (κ2) is 12.7. The zero-order chi connectivity index (χ0) is 30.5. The number of rotatable bonds is 10. The Hall–Kier alpha value is -4.26. The van der Waals surface area contributed by atoms with Crippen LogP contribution in [0, 0.1) is 0 Å². The molecule has 7 nitrogen and oxygen atoms in total. The molecular weight excluding hydrogens is 592 g/mol. The summed E-state index contributed by atoms with van der Waals surface area (Å²) in [5.74, 6) is -4.32. The molecule has 2 N–H and O–H groups in total. The first-order valence-corrected chi connectivity index (χ1v) is 12.8. The minimum Gasteiger partial charge on any atom is -0.493 e. The van der Waals surface area contributed by atoms with Gasteiger partial charge in [-0.15, -0.1) is 0 Å². The fraction of sp³-hybridized carbons (Fsp3) is 0.250. The Morgan fingerprint density at radius 1 is 1.02 bits per heavy atom. The summed E-state index contributed by atoms with van der Waals surface area (Å²) in [5.41, 5.74) is -0.504. The van der Waals surface area contributed by atoms with E-state index in [4.69, 9.17) is 16.3 Å². The molecule has 4 rings (SSSR count). The van der Waals surface area contributed by atoms with Gasteiger partial charge in [-0.3, -0.25) is 4.79 Å². The highest BCUT2D eigenvalue weighted by Crippen LogP contribution is 2.40. The number of hydrogen-bond acceptors (Lipinski definition) is 6. The van der Waals surface area contributed by atoms with Crippen molar-refractivity contribution in [1.29, 1.82) is 0 Å².